The molecule has 1 aromatic heterocycles. The summed E-state index contributed by atoms with van der Waals surface area (Å²) in [5.74, 6) is -1.41. The third-order valence-electron chi connectivity index (χ3n) is 5.57. The summed E-state index contributed by atoms with van der Waals surface area (Å²) in [5.41, 5.74) is -0.704. The molecule has 43 heavy (non-hydrogen) atoms. The van der Waals surface area contributed by atoms with Crippen molar-refractivity contribution in [2.24, 2.45) is 0 Å². The van der Waals surface area contributed by atoms with Crippen LogP contribution in [0.2, 0.25) is 0 Å². The number of benzene rings is 3. The Kier molecular flexibility index (Phi) is 9.97. The van der Waals surface area contributed by atoms with Crippen molar-refractivity contribution in [1.82, 2.24) is 4.98 Å². The van der Waals surface area contributed by atoms with Gasteiger partial charge in [-0.15, -0.1) is 0 Å². The quantitative estimate of drug-likeness (QED) is 0.118. The lowest BCUT2D eigenvalue weighted by molar-refractivity contribution is -0.385. The molecule has 0 atom stereocenters. The first-order valence-corrected chi connectivity index (χ1v) is 13.8. The van der Waals surface area contributed by atoms with Gasteiger partial charge in [0.2, 0.25) is 0 Å². The van der Waals surface area contributed by atoms with Crippen LogP contribution in [0.3, 0.4) is 0 Å². The lowest BCUT2D eigenvalue weighted by Crippen LogP contribution is -2.24. The minimum atomic E-state index is -0.733. The molecular weight excluding hydrogens is 622 g/mol. The Hall–Kier alpha value is -4.71. The van der Waals surface area contributed by atoms with Crippen molar-refractivity contribution in [3.05, 3.63) is 109 Å². The lowest BCUT2D eigenvalue weighted by Gasteiger charge is -2.19. The highest BCUT2D eigenvalue weighted by Crippen LogP contribution is 2.32. The Morgan fingerprint density at radius 1 is 0.744 bits per heavy atom. The standard InChI is InChI=1S/C20H18N2O4.C11H12BrNO4/c1-20(2,3)26-19(23)16-9-8-13(10-18(16)22(24)25)17-12-21-11-14-6-4-5-7-15(14)17;1-11(2,3)17-10(14)8-5-4-7(12)6-9(8)13(15)16/h4-12H,1-3H3;4-6H,1-3H3. The van der Waals surface area contributed by atoms with E-state index in [4.69, 9.17) is 9.47 Å². The van der Waals surface area contributed by atoms with Gasteiger partial charge in [-0.2, -0.15) is 0 Å². The zero-order valence-corrected chi connectivity index (χ0v) is 26.0. The number of rotatable bonds is 5. The minimum absolute atomic E-state index is 0.0480. The summed E-state index contributed by atoms with van der Waals surface area (Å²) in [5, 5.41) is 24.2. The van der Waals surface area contributed by atoms with Gasteiger partial charge in [-0.25, -0.2) is 9.59 Å². The molecule has 0 bridgehead atoms. The molecule has 4 rings (SSSR count). The third kappa shape index (κ3) is 8.89. The zero-order chi connectivity index (χ0) is 32.1. The number of esters is 2. The van der Waals surface area contributed by atoms with E-state index in [2.05, 4.69) is 20.9 Å². The maximum atomic E-state index is 12.3. The number of aromatic nitrogens is 1. The topological polar surface area (TPSA) is 152 Å². The Bertz CT molecular complexity index is 1700. The fraction of sp³-hybridized carbons (Fsp3) is 0.258. The molecule has 0 radical (unpaired) electrons. The van der Waals surface area contributed by atoms with Crippen LogP contribution in [0.1, 0.15) is 62.3 Å². The molecule has 11 nitrogen and oxygen atoms in total. The Balaban J connectivity index is 0.000000259. The molecule has 1 heterocycles. The summed E-state index contributed by atoms with van der Waals surface area (Å²) in [6, 6.07) is 16.4. The molecular formula is C31H30BrN3O8. The predicted octanol–water partition coefficient (Wildman–Crippen LogP) is 8.08. The Labute approximate surface area is 256 Å². The summed E-state index contributed by atoms with van der Waals surface area (Å²) in [7, 11) is 0. The monoisotopic (exact) mass is 651 g/mol. The third-order valence-corrected chi connectivity index (χ3v) is 6.06. The molecule has 0 aliphatic carbocycles. The van der Waals surface area contributed by atoms with Gasteiger partial charge in [0.05, 0.1) is 9.85 Å². The van der Waals surface area contributed by atoms with E-state index in [1.807, 2.05) is 24.3 Å². The summed E-state index contributed by atoms with van der Waals surface area (Å²) in [4.78, 5) is 49.4. The van der Waals surface area contributed by atoms with E-state index < -0.39 is 33.0 Å². The molecule has 0 aliphatic heterocycles. The molecule has 224 valence electrons. The van der Waals surface area contributed by atoms with E-state index in [9.17, 15) is 29.8 Å². The van der Waals surface area contributed by atoms with Gasteiger partial charge in [-0.05, 0) is 70.7 Å². The van der Waals surface area contributed by atoms with E-state index in [1.165, 1.54) is 24.3 Å². The molecule has 0 N–H and O–H groups in total. The van der Waals surface area contributed by atoms with Gasteiger partial charge in [-0.1, -0.05) is 46.3 Å². The normalized spacial score (nSPS) is 11.2. The first-order chi connectivity index (χ1) is 20.0. The van der Waals surface area contributed by atoms with Crippen LogP contribution in [-0.4, -0.2) is 38.0 Å². The van der Waals surface area contributed by atoms with E-state index >= 15 is 0 Å². The predicted molar refractivity (Wildman–Crippen MR) is 165 cm³/mol. The molecule has 4 aromatic rings. The first-order valence-electron chi connectivity index (χ1n) is 13.0. The number of carbonyl (C=O) groups excluding carboxylic acids is 2. The van der Waals surface area contributed by atoms with Crippen molar-refractivity contribution < 1.29 is 28.9 Å². The number of hydrogen-bond acceptors (Lipinski definition) is 9. The SMILES string of the molecule is CC(C)(C)OC(=O)c1ccc(-c2cncc3ccccc23)cc1[N+](=O)[O-].CC(C)(C)OC(=O)c1ccc(Br)cc1[N+](=O)[O-]. The molecule has 0 unspecified atom stereocenters. The molecule has 0 fully saturated rings. The van der Waals surface area contributed by atoms with E-state index in [-0.39, 0.29) is 22.5 Å². The largest absolute Gasteiger partial charge is 0.456 e. The van der Waals surface area contributed by atoms with Gasteiger partial charge in [-0.3, -0.25) is 25.2 Å². The molecule has 0 amide bonds. The van der Waals surface area contributed by atoms with Crippen LogP contribution < -0.4 is 0 Å². The maximum Gasteiger partial charge on any atom is 0.345 e. The van der Waals surface area contributed by atoms with Crippen molar-refractivity contribution in [1.29, 1.82) is 0 Å². The maximum absolute atomic E-state index is 12.3. The minimum Gasteiger partial charge on any atom is -0.456 e. The summed E-state index contributed by atoms with van der Waals surface area (Å²) in [6.45, 7) is 10.3. The molecule has 0 spiro atoms. The summed E-state index contributed by atoms with van der Waals surface area (Å²) < 4.78 is 10.9. The van der Waals surface area contributed by atoms with Crippen molar-refractivity contribution >= 4 is 50.0 Å². The van der Waals surface area contributed by atoms with Gasteiger partial charge in [0.15, 0.2) is 0 Å². The summed E-state index contributed by atoms with van der Waals surface area (Å²) in [6.07, 6.45) is 3.40. The number of nitrogens with zero attached hydrogens (tertiary/aromatic N) is 3. The highest BCUT2D eigenvalue weighted by molar-refractivity contribution is 9.10. The molecule has 0 saturated heterocycles. The van der Waals surface area contributed by atoms with Crippen LogP contribution in [-0.2, 0) is 9.47 Å². The van der Waals surface area contributed by atoms with Crippen molar-refractivity contribution in [2.45, 2.75) is 52.7 Å². The number of halogens is 1. The smallest absolute Gasteiger partial charge is 0.345 e. The summed E-state index contributed by atoms with van der Waals surface area (Å²) >= 11 is 3.12. The van der Waals surface area contributed by atoms with Gasteiger partial charge in [0.1, 0.15) is 22.3 Å². The van der Waals surface area contributed by atoms with Crippen molar-refractivity contribution in [3.8, 4) is 11.1 Å². The Morgan fingerprint density at radius 3 is 1.79 bits per heavy atom. The molecule has 3 aromatic carbocycles. The van der Waals surface area contributed by atoms with Crippen LogP contribution in [0.15, 0.2) is 77.5 Å². The highest BCUT2D eigenvalue weighted by Gasteiger charge is 2.27. The van der Waals surface area contributed by atoms with E-state index in [0.717, 1.165) is 16.3 Å². The van der Waals surface area contributed by atoms with Gasteiger partial charge < -0.3 is 9.47 Å². The average Bonchev–Trinajstić information content (AvgIpc) is 2.90. The molecule has 12 heteroatoms. The van der Waals surface area contributed by atoms with Crippen LogP contribution in [0.5, 0.6) is 0 Å². The number of ether oxygens (including phenoxy) is 2. The second kappa shape index (κ2) is 13.1. The zero-order valence-electron chi connectivity index (χ0n) is 24.4. The lowest BCUT2D eigenvalue weighted by atomic mass is 9.99. The van der Waals surface area contributed by atoms with Gasteiger partial charge in [0, 0.05) is 39.9 Å². The molecule has 0 saturated carbocycles. The van der Waals surface area contributed by atoms with E-state index in [1.54, 1.807) is 66.1 Å². The first kappa shape index (κ1) is 32.8. The number of pyridine rings is 1. The highest BCUT2D eigenvalue weighted by atomic mass is 79.9. The Morgan fingerprint density at radius 2 is 1.26 bits per heavy atom. The number of nitro groups is 2. The van der Waals surface area contributed by atoms with Crippen molar-refractivity contribution in [2.75, 3.05) is 0 Å². The van der Waals surface area contributed by atoms with Crippen LogP contribution in [0, 0.1) is 20.2 Å². The number of carbonyl (C=O) groups is 2. The number of hydrogen-bond donors (Lipinski definition) is 0. The van der Waals surface area contributed by atoms with Crippen LogP contribution in [0.4, 0.5) is 11.4 Å². The second-order valence-electron chi connectivity index (χ2n) is 11.3. The molecule has 0 aliphatic rings. The fourth-order valence-electron chi connectivity index (χ4n) is 3.86. The number of fused-ring (bicyclic) bond motifs is 1. The fourth-order valence-corrected chi connectivity index (χ4v) is 4.21. The van der Waals surface area contributed by atoms with Crippen LogP contribution in [0.25, 0.3) is 21.9 Å². The van der Waals surface area contributed by atoms with E-state index in [0.29, 0.717) is 10.0 Å². The number of nitro benzene ring substituents is 2. The van der Waals surface area contributed by atoms with Gasteiger partial charge >= 0.3 is 11.9 Å². The van der Waals surface area contributed by atoms with Crippen molar-refractivity contribution in [3.63, 3.8) is 0 Å². The van der Waals surface area contributed by atoms with Gasteiger partial charge in [0.25, 0.3) is 11.4 Å². The van der Waals surface area contributed by atoms with Crippen LogP contribution >= 0.6 is 15.9 Å². The average molecular weight is 652 g/mol. The second-order valence-corrected chi connectivity index (χ2v) is 12.2.